The summed E-state index contributed by atoms with van der Waals surface area (Å²) < 4.78 is 0. The molecule has 0 saturated carbocycles. The van der Waals surface area contributed by atoms with Crippen LogP contribution in [0.2, 0.25) is 5.02 Å². The fourth-order valence-corrected chi connectivity index (χ4v) is 4.27. The molecule has 1 heterocycles. The van der Waals surface area contributed by atoms with Gasteiger partial charge in [-0.1, -0.05) is 49.7 Å². The molecule has 172 valence electrons. The molecule has 2 aromatic carbocycles. The molecule has 1 fully saturated rings. The minimum Gasteiger partial charge on any atom is -0.352 e. The molecule has 1 saturated heterocycles. The third-order valence-corrected chi connectivity index (χ3v) is 6.37. The van der Waals surface area contributed by atoms with Gasteiger partial charge in [0.1, 0.15) is 0 Å². The average molecular weight is 456 g/mol. The summed E-state index contributed by atoms with van der Waals surface area (Å²) in [6.45, 7) is 7.69. The number of hydrogen-bond acceptors (Lipinski definition) is 3. The molecule has 5 nitrogen and oxygen atoms in total. The predicted octanol–water partition coefficient (Wildman–Crippen LogP) is 5.32. The highest BCUT2D eigenvalue weighted by molar-refractivity contribution is 6.33. The van der Waals surface area contributed by atoms with Crippen molar-refractivity contribution in [2.75, 3.05) is 31.5 Å². The summed E-state index contributed by atoms with van der Waals surface area (Å²) >= 11 is 6.07. The summed E-state index contributed by atoms with van der Waals surface area (Å²) in [5, 5.41) is 6.45. The Morgan fingerprint density at radius 3 is 2.53 bits per heavy atom. The second-order valence-electron chi connectivity index (χ2n) is 8.83. The smallest absolute Gasteiger partial charge is 0.252 e. The van der Waals surface area contributed by atoms with E-state index in [1.807, 2.05) is 38.1 Å². The molecule has 0 radical (unpaired) electrons. The Labute approximate surface area is 196 Å². The van der Waals surface area contributed by atoms with Crippen LogP contribution in [0.1, 0.15) is 61.4 Å². The highest BCUT2D eigenvalue weighted by Gasteiger charge is 2.21. The molecule has 1 aliphatic heterocycles. The zero-order valence-electron chi connectivity index (χ0n) is 19.1. The van der Waals surface area contributed by atoms with Crippen molar-refractivity contribution in [3.63, 3.8) is 0 Å². The number of anilines is 1. The summed E-state index contributed by atoms with van der Waals surface area (Å²) in [6.07, 6.45) is 4.27. The zero-order valence-corrected chi connectivity index (χ0v) is 19.8. The summed E-state index contributed by atoms with van der Waals surface area (Å²) in [4.78, 5) is 26.7. The maximum Gasteiger partial charge on any atom is 0.252 e. The van der Waals surface area contributed by atoms with Gasteiger partial charge in [0.2, 0.25) is 5.91 Å². The number of hydrogen-bond donors (Lipinski definition) is 2. The van der Waals surface area contributed by atoms with E-state index in [4.69, 9.17) is 11.6 Å². The minimum atomic E-state index is -0.108. The van der Waals surface area contributed by atoms with E-state index in [1.165, 1.54) is 5.56 Å². The van der Waals surface area contributed by atoms with Crippen LogP contribution in [0.4, 0.5) is 5.69 Å². The van der Waals surface area contributed by atoms with Crippen molar-refractivity contribution in [3.05, 3.63) is 64.7 Å². The number of nitrogens with one attached hydrogen (secondary N) is 2. The van der Waals surface area contributed by atoms with Crippen molar-refractivity contribution in [2.24, 2.45) is 5.92 Å². The number of halogens is 1. The van der Waals surface area contributed by atoms with E-state index >= 15 is 0 Å². The summed E-state index contributed by atoms with van der Waals surface area (Å²) in [5.74, 6) is 0.465. The maximum atomic E-state index is 12.2. The number of carbonyl (C=O) groups excluding carboxylic acids is 2. The molecule has 32 heavy (non-hydrogen) atoms. The van der Waals surface area contributed by atoms with Gasteiger partial charge >= 0.3 is 0 Å². The maximum absolute atomic E-state index is 12.2. The first kappa shape index (κ1) is 24.3. The molecular weight excluding hydrogens is 422 g/mol. The summed E-state index contributed by atoms with van der Waals surface area (Å²) in [5.41, 5.74) is 2.74. The van der Waals surface area contributed by atoms with Gasteiger partial charge < -0.3 is 15.5 Å². The van der Waals surface area contributed by atoms with E-state index in [2.05, 4.69) is 27.7 Å². The quantitative estimate of drug-likeness (QED) is 0.503. The SMILES string of the molecule is CC(C)C(=O)Nc1cccc(C2CCN(CCCCNC(=O)c3ccccc3Cl)CC2)c1. The first-order chi connectivity index (χ1) is 15.4. The van der Waals surface area contributed by atoms with Crippen molar-refractivity contribution in [3.8, 4) is 0 Å². The first-order valence-electron chi connectivity index (χ1n) is 11.6. The number of benzene rings is 2. The van der Waals surface area contributed by atoms with Gasteiger partial charge in [-0.3, -0.25) is 9.59 Å². The van der Waals surface area contributed by atoms with Crippen molar-refractivity contribution in [2.45, 2.75) is 45.4 Å². The molecular formula is C26H34ClN3O2. The number of piperidine rings is 1. The fourth-order valence-electron chi connectivity index (χ4n) is 4.05. The van der Waals surface area contributed by atoms with Crippen LogP contribution in [0.15, 0.2) is 48.5 Å². The summed E-state index contributed by atoms with van der Waals surface area (Å²) in [6, 6.07) is 15.4. The molecule has 0 bridgehead atoms. The number of amides is 2. The van der Waals surface area contributed by atoms with Gasteiger partial charge in [-0.2, -0.15) is 0 Å². The van der Waals surface area contributed by atoms with Crippen LogP contribution in [-0.2, 0) is 4.79 Å². The second-order valence-corrected chi connectivity index (χ2v) is 9.24. The van der Waals surface area contributed by atoms with Crippen LogP contribution in [-0.4, -0.2) is 42.9 Å². The molecule has 1 aliphatic rings. The lowest BCUT2D eigenvalue weighted by Crippen LogP contribution is -2.34. The Bertz CT molecular complexity index is 907. The van der Waals surface area contributed by atoms with E-state index < -0.39 is 0 Å². The molecule has 0 atom stereocenters. The fraction of sp³-hybridized carbons (Fsp3) is 0.462. The van der Waals surface area contributed by atoms with Crippen LogP contribution >= 0.6 is 11.6 Å². The Kier molecular flexibility index (Phi) is 9.12. The Hall–Kier alpha value is -2.37. The molecule has 2 amide bonds. The standard InChI is InChI=1S/C26H34ClN3O2/c1-19(2)25(31)29-22-9-7-8-21(18-22)20-12-16-30(17-13-20)15-6-5-14-28-26(32)23-10-3-4-11-24(23)27/h3-4,7-11,18-20H,5-6,12-17H2,1-2H3,(H,28,32)(H,29,31). The third kappa shape index (κ3) is 7.07. The van der Waals surface area contributed by atoms with E-state index in [0.717, 1.165) is 51.0 Å². The molecule has 0 aromatic heterocycles. The highest BCUT2D eigenvalue weighted by Crippen LogP contribution is 2.29. The van der Waals surface area contributed by atoms with Crippen LogP contribution < -0.4 is 10.6 Å². The highest BCUT2D eigenvalue weighted by atomic mass is 35.5. The topological polar surface area (TPSA) is 61.4 Å². The van der Waals surface area contributed by atoms with Gasteiger partial charge in [0.05, 0.1) is 10.6 Å². The van der Waals surface area contributed by atoms with E-state index in [0.29, 0.717) is 23.0 Å². The second kappa shape index (κ2) is 12.0. The van der Waals surface area contributed by atoms with Gasteiger partial charge in [-0.25, -0.2) is 0 Å². The van der Waals surface area contributed by atoms with Crippen molar-refractivity contribution in [1.82, 2.24) is 10.2 Å². The number of rotatable bonds is 9. The van der Waals surface area contributed by atoms with Gasteiger partial charge in [0.15, 0.2) is 0 Å². The van der Waals surface area contributed by atoms with Crippen LogP contribution in [0.5, 0.6) is 0 Å². The van der Waals surface area contributed by atoms with Crippen LogP contribution in [0.3, 0.4) is 0 Å². The third-order valence-electron chi connectivity index (χ3n) is 6.04. The molecule has 0 unspecified atom stereocenters. The van der Waals surface area contributed by atoms with Crippen molar-refractivity contribution < 1.29 is 9.59 Å². The molecule has 0 aliphatic carbocycles. The monoisotopic (exact) mass is 455 g/mol. The Balaban J connectivity index is 1.35. The summed E-state index contributed by atoms with van der Waals surface area (Å²) in [7, 11) is 0. The lowest BCUT2D eigenvalue weighted by atomic mass is 9.89. The van der Waals surface area contributed by atoms with E-state index in [1.54, 1.807) is 12.1 Å². The minimum absolute atomic E-state index is 0.0219. The van der Waals surface area contributed by atoms with Gasteiger partial charge in [0, 0.05) is 18.2 Å². The lowest BCUT2D eigenvalue weighted by molar-refractivity contribution is -0.118. The number of likely N-dealkylation sites (tertiary alicyclic amines) is 1. The molecule has 6 heteroatoms. The van der Waals surface area contributed by atoms with Crippen molar-refractivity contribution >= 4 is 29.1 Å². The predicted molar refractivity (Wildman–Crippen MR) is 131 cm³/mol. The van der Waals surface area contributed by atoms with Crippen LogP contribution in [0.25, 0.3) is 0 Å². The van der Waals surface area contributed by atoms with Gasteiger partial charge in [0.25, 0.3) is 5.91 Å². The Morgan fingerprint density at radius 1 is 1.06 bits per heavy atom. The normalized spacial score (nSPS) is 15.0. The molecule has 3 rings (SSSR count). The molecule has 2 aromatic rings. The average Bonchev–Trinajstić information content (AvgIpc) is 2.79. The largest absolute Gasteiger partial charge is 0.352 e. The molecule has 2 N–H and O–H groups in total. The number of nitrogens with zero attached hydrogens (tertiary/aromatic N) is 1. The zero-order chi connectivity index (χ0) is 22.9. The number of unbranched alkanes of at least 4 members (excludes halogenated alkanes) is 1. The van der Waals surface area contributed by atoms with Crippen LogP contribution in [0, 0.1) is 5.92 Å². The van der Waals surface area contributed by atoms with Gasteiger partial charge in [-0.05, 0) is 81.1 Å². The van der Waals surface area contributed by atoms with E-state index in [-0.39, 0.29) is 17.7 Å². The lowest BCUT2D eigenvalue weighted by Gasteiger charge is -2.32. The first-order valence-corrected chi connectivity index (χ1v) is 12.0. The number of carbonyl (C=O) groups is 2. The van der Waals surface area contributed by atoms with Gasteiger partial charge in [-0.15, -0.1) is 0 Å². The Morgan fingerprint density at radius 2 is 1.81 bits per heavy atom. The molecule has 0 spiro atoms. The van der Waals surface area contributed by atoms with E-state index in [9.17, 15) is 9.59 Å². The van der Waals surface area contributed by atoms with Crippen molar-refractivity contribution in [1.29, 1.82) is 0 Å².